The summed E-state index contributed by atoms with van der Waals surface area (Å²) in [6.45, 7) is 0. The van der Waals surface area contributed by atoms with E-state index >= 15 is 0 Å². The summed E-state index contributed by atoms with van der Waals surface area (Å²) < 4.78 is 35.7. The number of nitrogens with zero attached hydrogens (tertiary/aromatic N) is 4. The molecule has 2 heterocycles. The van der Waals surface area contributed by atoms with Crippen molar-refractivity contribution in [1.29, 1.82) is 0 Å². The van der Waals surface area contributed by atoms with E-state index in [1.54, 1.807) is 71.8 Å². The monoisotopic (exact) mass is 443 g/mol. The van der Waals surface area contributed by atoms with Crippen molar-refractivity contribution >= 4 is 26.5 Å². The third kappa shape index (κ3) is 4.14. The molecular formula is C23H17N5O3S. The molecule has 0 saturated heterocycles. The van der Waals surface area contributed by atoms with Crippen LogP contribution in [-0.4, -0.2) is 27.9 Å². The summed E-state index contributed by atoms with van der Waals surface area (Å²) in [6, 6.07) is 20.9. The van der Waals surface area contributed by atoms with E-state index in [9.17, 15) is 8.42 Å². The summed E-state index contributed by atoms with van der Waals surface area (Å²) in [4.78, 5) is 12.5. The van der Waals surface area contributed by atoms with Crippen LogP contribution >= 0.6 is 0 Å². The Bertz CT molecular complexity index is 1480. The molecule has 2 aromatic heterocycles. The summed E-state index contributed by atoms with van der Waals surface area (Å²) in [7, 11) is -3.73. The molecule has 158 valence electrons. The van der Waals surface area contributed by atoms with E-state index in [0.29, 0.717) is 23.1 Å². The lowest BCUT2D eigenvalue weighted by Gasteiger charge is -2.10. The van der Waals surface area contributed by atoms with Gasteiger partial charge in [-0.1, -0.05) is 30.3 Å². The van der Waals surface area contributed by atoms with Gasteiger partial charge in [-0.05, 0) is 47.2 Å². The van der Waals surface area contributed by atoms with Crippen LogP contribution in [0.3, 0.4) is 0 Å². The molecule has 0 aliphatic heterocycles. The Balaban J connectivity index is 1.32. The van der Waals surface area contributed by atoms with E-state index in [1.165, 1.54) is 6.33 Å². The Labute approximate surface area is 184 Å². The van der Waals surface area contributed by atoms with Gasteiger partial charge >= 0.3 is 0 Å². The topological polar surface area (TPSA) is 99.0 Å². The van der Waals surface area contributed by atoms with E-state index in [2.05, 4.69) is 19.7 Å². The third-order valence-corrected chi connectivity index (χ3v) is 6.14. The maximum absolute atomic E-state index is 12.8. The molecule has 0 unspecified atom stereocenters. The number of rotatable bonds is 6. The smallest absolute Gasteiger partial charge is 0.261 e. The van der Waals surface area contributed by atoms with Gasteiger partial charge in [-0.2, -0.15) is 0 Å². The number of sulfonamides is 1. The highest BCUT2D eigenvalue weighted by atomic mass is 32.2. The van der Waals surface area contributed by atoms with Gasteiger partial charge in [0.15, 0.2) is 0 Å². The van der Waals surface area contributed by atoms with Gasteiger partial charge in [0.2, 0.25) is 5.88 Å². The normalized spacial score (nSPS) is 11.4. The highest BCUT2D eigenvalue weighted by Crippen LogP contribution is 2.25. The van der Waals surface area contributed by atoms with Crippen LogP contribution in [-0.2, 0) is 10.0 Å². The van der Waals surface area contributed by atoms with E-state index in [4.69, 9.17) is 4.74 Å². The zero-order valence-corrected chi connectivity index (χ0v) is 17.5. The Morgan fingerprint density at radius 1 is 0.875 bits per heavy atom. The molecule has 0 fully saturated rings. The highest BCUT2D eigenvalue weighted by molar-refractivity contribution is 7.92. The second-order valence-electron chi connectivity index (χ2n) is 6.93. The minimum absolute atomic E-state index is 0.199. The molecule has 32 heavy (non-hydrogen) atoms. The summed E-state index contributed by atoms with van der Waals surface area (Å²) >= 11 is 0. The molecule has 0 aliphatic carbocycles. The second kappa shape index (κ2) is 8.12. The van der Waals surface area contributed by atoms with Gasteiger partial charge in [-0.3, -0.25) is 9.29 Å². The number of anilines is 1. The summed E-state index contributed by atoms with van der Waals surface area (Å²) in [5.41, 5.74) is 0.423. The average molecular weight is 443 g/mol. The summed E-state index contributed by atoms with van der Waals surface area (Å²) in [5, 5.41) is 1.84. The minimum atomic E-state index is -3.73. The molecule has 0 atom stereocenters. The van der Waals surface area contributed by atoms with Crippen LogP contribution in [0.4, 0.5) is 5.69 Å². The van der Waals surface area contributed by atoms with Gasteiger partial charge < -0.3 is 4.74 Å². The summed E-state index contributed by atoms with van der Waals surface area (Å²) in [6.07, 6.45) is 6.45. The SMILES string of the molecule is O=S(=O)(Nc1ccc(Oc2cc(-n3ccnc3)ncn2)cc1)c1ccc2ccccc2c1. The molecule has 9 heteroatoms. The van der Waals surface area contributed by atoms with Crippen LogP contribution in [0.15, 0.2) is 103 Å². The van der Waals surface area contributed by atoms with Gasteiger partial charge in [0, 0.05) is 24.1 Å². The van der Waals surface area contributed by atoms with Crippen molar-refractivity contribution in [3.8, 4) is 17.4 Å². The first-order valence-corrected chi connectivity index (χ1v) is 11.2. The number of nitrogens with one attached hydrogen (secondary N) is 1. The van der Waals surface area contributed by atoms with Crippen molar-refractivity contribution < 1.29 is 13.2 Å². The average Bonchev–Trinajstić information content (AvgIpc) is 3.35. The van der Waals surface area contributed by atoms with Gasteiger partial charge in [0.1, 0.15) is 24.2 Å². The number of benzene rings is 3. The molecular weight excluding hydrogens is 426 g/mol. The molecule has 0 saturated carbocycles. The Hall–Kier alpha value is -4.24. The maximum Gasteiger partial charge on any atom is 0.261 e. The minimum Gasteiger partial charge on any atom is -0.439 e. The van der Waals surface area contributed by atoms with Crippen LogP contribution in [0.2, 0.25) is 0 Å². The standard InChI is InChI=1S/C23H17N5O3S/c29-32(30,21-10-5-17-3-1-2-4-18(17)13-21)27-19-6-8-20(9-7-19)31-23-14-22(25-15-26-23)28-12-11-24-16-28/h1-16,27H. The van der Waals surface area contributed by atoms with Crippen molar-refractivity contribution in [3.63, 3.8) is 0 Å². The molecule has 8 nitrogen and oxygen atoms in total. The number of hydrogen-bond donors (Lipinski definition) is 1. The number of aromatic nitrogens is 4. The Morgan fingerprint density at radius 2 is 1.69 bits per heavy atom. The zero-order valence-electron chi connectivity index (χ0n) is 16.7. The lowest BCUT2D eigenvalue weighted by molar-refractivity contribution is 0.461. The Kier molecular flexibility index (Phi) is 5.00. The molecule has 0 radical (unpaired) electrons. The van der Waals surface area contributed by atoms with Crippen LogP contribution in [0.25, 0.3) is 16.6 Å². The quantitative estimate of drug-likeness (QED) is 0.417. The fraction of sp³-hybridized carbons (Fsp3) is 0. The van der Waals surface area contributed by atoms with Gasteiger partial charge in [0.05, 0.1) is 4.90 Å². The van der Waals surface area contributed by atoms with Crippen molar-refractivity contribution in [1.82, 2.24) is 19.5 Å². The largest absolute Gasteiger partial charge is 0.439 e. The van der Waals surface area contributed by atoms with Gasteiger partial charge in [-0.25, -0.2) is 23.4 Å². The predicted octanol–water partition coefficient (Wildman–Crippen LogP) is 4.41. The van der Waals surface area contributed by atoms with E-state index in [1.807, 2.05) is 24.3 Å². The molecule has 0 aliphatic rings. The van der Waals surface area contributed by atoms with Gasteiger partial charge in [0.25, 0.3) is 10.0 Å². The zero-order chi connectivity index (χ0) is 22.0. The van der Waals surface area contributed by atoms with E-state index < -0.39 is 10.0 Å². The maximum atomic E-state index is 12.8. The van der Waals surface area contributed by atoms with Crippen molar-refractivity contribution in [2.75, 3.05) is 4.72 Å². The molecule has 0 spiro atoms. The molecule has 0 bridgehead atoms. The fourth-order valence-corrected chi connectivity index (χ4v) is 4.28. The number of imidazole rings is 1. The van der Waals surface area contributed by atoms with Crippen LogP contribution in [0, 0.1) is 0 Å². The first kappa shape index (κ1) is 19.7. The number of hydrogen-bond acceptors (Lipinski definition) is 6. The first-order chi connectivity index (χ1) is 15.6. The molecule has 5 aromatic rings. The lowest BCUT2D eigenvalue weighted by Crippen LogP contribution is -2.12. The molecule has 1 N–H and O–H groups in total. The first-order valence-electron chi connectivity index (χ1n) is 9.67. The van der Waals surface area contributed by atoms with Crippen molar-refractivity contribution in [2.45, 2.75) is 4.90 Å². The molecule has 5 rings (SSSR count). The third-order valence-electron chi connectivity index (χ3n) is 4.76. The van der Waals surface area contributed by atoms with E-state index in [0.717, 1.165) is 10.8 Å². The van der Waals surface area contributed by atoms with Gasteiger partial charge in [-0.15, -0.1) is 0 Å². The second-order valence-corrected chi connectivity index (χ2v) is 8.61. The van der Waals surface area contributed by atoms with Crippen LogP contribution < -0.4 is 9.46 Å². The number of ether oxygens (including phenoxy) is 1. The predicted molar refractivity (Wildman–Crippen MR) is 120 cm³/mol. The van der Waals surface area contributed by atoms with Crippen molar-refractivity contribution in [3.05, 3.63) is 97.8 Å². The Morgan fingerprint density at radius 3 is 2.47 bits per heavy atom. The lowest BCUT2D eigenvalue weighted by atomic mass is 10.1. The number of fused-ring (bicyclic) bond motifs is 1. The fourth-order valence-electron chi connectivity index (χ4n) is 3.18. The van der Waals surface area contributed by atoms with E-state index in [-0.39, 0.29) is 4.90 Å². The summed E-state index contributed by atoms with van der Waals surface area (Å²) in [5.74, 6) is 1.48. The van der Waals surface area contributed by atoms with Crippen molar-refractivity contribution in [2.24, 2.45) is 0 Å². The van der Waals surface area contributed by atoms with Crippen LogP contribution in [0.1, 0.15) is 0 Å². The highest BCUT2D eigenvalue weighted by Gasteiger charge is 2.15. The van der Waals surface area contributed by atoms with Crippen LogP contribution in [0.5, 0.6) is 11.6 Å². The molecule has 3 aromatic carbocycles. The molecule has 0 amide bonds.